The van der Waals surface area contributed by atoms with Crippen molar-refractivity contribution in [2.75, 3.05) is 26.2 Å². The van der Waals surface area contributed by atoms with Crippen LogP contribution < -0.4 is 0 Å². The topological polar surface area (TPSA) is 73.7 Å². The number of hydrogen-bond acceptors (Lipinski definition) is 4. The fraction of sp³-hybridized carbons (Fsp3) is 0.611. The fourth-order valence-electron chi connectivity index (χ4n) is 3.06. The van der Waals surface area contributed by atoms with Gasteiger partial charge in [0.1, 0.15) is 0 Å². The summed E-state index contributed by atoms with van der Waals surface area (Å²) in [7, 11) is 0. The monoisotopic (exact) mass is 333 g/mol. The number of carboxylic acid groups (broad SMARTS) is 1. The minimum atomic E-state index is -0.960. The van der Waals surface area contributed by atoms with Crippen molar-refractivity contribution in [2.24, 2.45) is 5.92 Å². The van der Waals surface area contributed by atoms with Gasteiger partial charge in [-0.2, -0.15) is 0 Å². The number of likely N-dealkylation sites (tertiary alicyclic amines) is 1. The summed E-state index contributed by atoms with van der Waals surface area (Å²) in [5.41, 5.74) is 0.911. The maximum Gasteiger partial charge on any atom is 0.335 e. The van der Waals surface area contributed by atoms with Crippen LogP contribution in [0.15, 0.2) is 18.3 Å². The number of piperidine rings is 1. The van der Waals surface area contributed by atoms with E-state index in [4.69, 9.17) is 5.11 Å². The molecule has 0 unspecified atom stereocenters. The molecule has 6 heteroatoms. The summed E-state index contributed by atoms with van der Waals surface area (Å²) in [5.74, 6) is -0.384. The van der Waals surface area contributed by atoms with E-state index in [9.17, 15) is 9.59 Å². The summed E-state index contributed by atoms with van der Waals surface area (Å²) in [4.78, 5) is 31.9. The van der Waals surface area contributed by atoms with Gasteiger partial charge in [0.2, 0.25) is 5.91 Å². The van der Waals surface area contributed by atoms with Gasteiger partial charge >= 0.3 is 5.97 Å². The lowest BCUT2D eigenvalue weighted by Crippen LogP contribution is -2.43. The van der Waals surface area contributed by atoms with Crippen LogP contribution in [0.4, 0.5) is 0 Å². The van der Waals surface area contributed by atoms with E-state index in [2.05, 4.69) is 23.7 Å². The summed E-state index contributed by atoms with van der Waals surface area (Å²) >= 11 is 0. The number of pyridine rings is 1. The van der Waals surface area contributed by atoms with E-state index in [0.717, 1.165) is 32.5 Å². The SMILES string of the molecule is CC(C)CN(CC(=O)N1CCCCC1)Cc1cc(C(=O)O)ccn1. The van der Waals surface area contributed by atoms with E-state index in [0.29, 0.717) is 24.7 Å². The largest absolute Gasteiger partial charge is 0.478 e. The van der Waals surface area contributed by atoms with Gasteiger partial charge in [-0.15, -0.1) is 0 Å². The molecule has 0 saturated carbocycles. The minimum Gasteiger partial charge on any atom is -0.478 e. The van der Waals surface area contributed by atoms with Crippen LogP contribution in [0.1, 0.15) is 49.2 Å². The molecule has 1 aromatic heterocycles. The Labute approximate surface area is 143 Å². The number of carboxylic acids is 1. The van der Waals surface area contributed by atoms with Crippen molar-refractivity contribution in [3.05, 3.63) is 29.6 Å². The van der Waals surface area contributed by atoms with Gasteiger partial charge in [0.05, 0.1) is 17.8 Å². The highest BCUT2D eigenvalue weighted by atomic mass is 16.4. The number of aromatic carboxylic acids is 1. The second-order valence-corrected chi connectivity index (χ2v) is 6.85. The van der Waals surface area contributed by atoms with Gasteiger partial charge in [0, 0.05) is 32.4 Å². The van der Waals surface area contributed by atoms with Crippen LogP contribution in [0.3, 0.4) is 0 Å². The second-order valence-electron chi connectivity index (χ2n) is 6.85. The highest BCUT2D eigenvalue weighted by molar-refractivity contribution is 5.87. The third kappa shape index (κ3) is 5.60. The fourth-order valence-corrected chi connectivity index (χ4v) is 3.06. The van der Waals surface area contributed by atoms with Gasteiger partial charge in [-0.25, -0.2) is 4.79 Å². The first-order valence-electron chi connectivity index (χ1n) is 8.64. The number of amides is 1. The van der Waals surface area contributed by atoms with Gasteiger partial charge in [-0.05, 0) is 37.3 Å². The molecule has 0 spiro atoms. The van der Waals surface area contributed by atoms with Crippen molar-refractivity contribution in [1.82, 2.24) is 14.8 Å². The van der Waals surface area contributed by atoms with Crippen molar-refractivity contribution in [1.29, 1.82) is 0 Å². The number of carbonyl (C=O) groups is 2. The van der Waals surface area contributed by atoms with Crippen LogP contribution in [0, 0.1) is 5.92 Å². The summed E-state index contributed by atoms with van der Waals surface area (Å²) in [6.45, 7) is 7.54. The molecule has 1 aromatic rings. The summed E-state index contributed by atoms with van der Waals surface area (Å²) in [5, 5.41) is 9.10. The van der Waals surface area contributed by atoms with Crippen LogP contribution in [0.2, 0.25) is 0 Å². The van der Waals surface area contributed by atoms with Gasteiger partial charge in [0.15, 0.2) is 0 Å². The quantitative estimate of drug-likeness (QED) is 0.828. The molecular formula is C18H27N3O3. The van der Waals surface area contributed by atoms with Crippen molar-refractivity contribution in [3.63, 3.8) is 0 Å². The van der Waals surface area contributed by atoms with Crippen LogP contribution in [0.5, 0.6) is 0 Å². The molecule has 1 aliphatic rings. The first-order chi connectivity index (χ1) is 11.5. The number of carbonyl (C=O) groups excluding carboxylic acids is 1. The average Bonchev–Trinajstić information content (AvgIpc) is 2.55. The first kappa shape index (κ1) is 18.4. The molecule has 2 heterocycles. The van der Waals surface area contributed by atoms with Crippen molar-refractivity contribution in [3.8, 4) is 0 Å². The van der Waals surface area contributed by atoms with E-state index in [-0.39, 0.29) is 11.5 Å². The summed E-state index contributed by atoms with van der Waals surface area (Å²) < 4.78 is 0. The normalized spacial score (nSPS) is 15.1. The molecule has 1 saturated heterocycles. The third-order valence-corrected chi connectivity index (χ3v) is 4.14. The Bertz CT molecular complexity index is 568. The summed E-state index contributed by atoms with van der Waals surface area (Å²) in [6.07, 6.45) is 4.88. The Balaban J connectivity index is 2.03. The highest BCUT2D eigenvalue weighted by Crippen LogP contribution is 2.12. The lowest BCUT2D eigenvalue weighted by Gasteiger charge is -2.30. The van der Waals surface area contributed by atoms with E-state index >= 15 is 0 Å². The zero-order valence-corrected chi connectivity index (χ0v) is 14.6. The molecule has 1 amide bonds. The molecule has 6 nitrogen and oxygen atoms in total. The van der Waals surface area contributed by atoms with E-state index in [1.807, 2.05) is 4.90 Å². The van der Waals surface area contributed by atoms with Crippen molar-refractivity contribution >= 4 is 11.9 Å². The molecule has 0 bridgehead atoms. The maximum absolute atomic E-state index is 12.5. The van der Waals surface area contributed by atoms with Crippen LogP contribution in [-0.2, 0) is 11.3 Å². The zero-order valence-electron chi connectivity index (χ0n) is 14.6. The smallest absolute Gasteiger partial charge is 0.335 e. The number of hydrogen-bond donors (Lipinski definition) is 1. The number of rotatable bonds is 7. The molecule has 2 rings (SSSR count). The van der Waals surface area contributed by atoms with Gasteiger partial charge < -0.3 is 10.0 Å². The standard InChI is InChI=1S/C18H27N3O3/c1-14(2)11-20(13-17(22)21-8-4-3-5-9-21)12-16-10-15(18(23)24)6-7-19-16/h6-7,10,14H,3-5,8-9,11-13H2,1-2H3,(H,23,24). The molecule has 0 atom stereocenters. The molecule has 24 heavy (non-hydrogen) atoms. The average molecular weight is 333 g/mol. The molecule has 1 aliphatic heterocycles. The van der Waals surface area contributed by atoms with Crippen LogP contribution in [0.25, 0.3) is 0 Å². The Morgan fingerprint density at radius 3 is 2.62 bits per heavy atom. The molecular weight excluding hydrogens is 306 g/mol. The molecule has 0 aromatic carbocycles. The van der Waals surface area contributed by atoms with Crippen LogP contribution >= 0.6 is 0 Å². The summed E-state index contributed by atoms with van der Waals surface area (Å²) in [6, 6.07) is 3.07. The number of nitrogens with zero attached hydrogens (tertiary/aromatic N) is 3. The first-order valence-corrected chi connectivity index (χ1v) is 8.64. The molecule has 0 aliphatic carbocycles. The van der Waals surface area contributed by atoms with Gasteiger partial charge in [0.25, 0.3) is 0 Å². The van der Waals surface area contributed by atoms with E-state index < -0.39 is 5.97 Å². The Morgan fingerprint density at radius 2 is 2.00 bits per heavy atom. The predicted octanol–water partition coefficient (Wildman–Crippen LogP) is 2.25. The van der Waals surface area contributed by atoms with E-state index in [1.165, 1.54) is 18.7 Å². The van der Waals surface area contributed by atoms with E-state index in [1.54, 1.807) is 6.07 Å². The molecule has 132 valence electrons. The Morgan fingerprint density at radius 1 is 1.29 bits per heavy atom. The minimum absolute atomic E-state index is 0.157. The lowest BCUT2D eigenvalue weighted by atomic mass is 10.1. The number of aromatic nitrogens is 1. The Hall–Kier alpha value is -1.95. The molecule has 1 N–H and O–H groups in total. The predicted molar refractivity (Wildman–Crippen MR) is 91.7 cm³/mol. The van der Waals surface area contributed by atoms with Crippen molar-refractivity contribution < 1.29 is 14.7 Å². The Kier molecular flexibility index (Phi) is 6.73. The van der Waals surface area contributed by atoms with Gasteiger partial charge in [-0.3, -0.25) is 14.7 Å². The third-order valence-electron chi connectivity index (χ3n) is 4.14. The van der Waals surface area contributed by atoms with Crippen molar-refractivity contribution in [2.45, 2.75) is 39.7 Å². The lowest BCUT2D eigenvalue weighted by molar-refractivity contribution is -0.133. The molecule has 1 fully saturated rings. The molecule has 0 radical (unpaired) electrons. The second kappa shape index (κ2) is 8.78. The maximum atomic E-state index is 12.5. The highest BCUT2D eigenvalue weighted by Gasteiger charge is 2.20. The van der Waals surface area contributed by atoms with Crippen LogP contribution in [-0.4, -0.2) is 57.9 Å². The van der Waals surface area contributed by atoms with Gasteiger partial charge in [-0.1, -0.05) is 13.8 Å². The zero-order chi connectivity index (χ0) is 17.5.